The number of hydrogen-bond donors (Lipinski definition) is 1. The number of aromatic carboxylic acids is 1. The first-order chi connectivity index (χ1) is 15.0. The Bertz CT molecular complexity index is 1250. The van der Waals surface area contributed by atoms with Gasteiger partial charge in [-0.15, -0.1) is 0 Å². The highest BCUT2D eigenvalue weighted by molar-refractivity contribution is 6.20. The van der Waals surface area contributed by atoms with Crippen molar-refractivity contribution in [2.45, 2.75) is 6.92 Å². The standard InChI is InChI=1S/C26H20O5/c1-16-13-14-19(20(15-16)30-2)23(27)21-22(26(28)29)25(18-11-7-4-8-12-18)31-24(21)17-9-5-3-6-10-17/h3-15H,1-2H3,(H,28,29). The van der Waals surface area contributed by atoms with E-state index in [2.05, 4.69) is 0 Å². The van der Waals surface area contributed by atoms with Gasteiger partial charge in [-0.2, -0.15) is 0 Å². The minimum Gasteiger partial charge on any atom is -0.496 e. The molecule has 3 aromatic carbocycles. The monoisotopic (exact) mass is 412 g/mol. The Morgan fingerprint density at radius 3 is 1.87 bits per heavy atom. The zero-order valence-corrected chi connectivity index (χ0v) is 17.1. The van der Waals surface area contributed by atoms with Gasteiger partial charge in [-0.25, -0.2) is 4.79 Å². The summed E-state index contributed by atoms with van der Waals surface area (Å²) in [4.78, 5) is 26.1. The zero-order valence-electron chi connectivity index (χ0n) is 17.1. The van der Waals surface area contributed by atoms with E-state index >= 15 is 0 Å². The SMILES string of the molecule is COc1cc(C)ccc1C(=O)c1c(-c2ccccc2)oc(-c2ccccc2)c1C(=O)O. The third-order valence-electron chi connectivity index (χ3n) is 5.02. The van der Waals surface area contributed by atoms with Crippen molar-refractivity contribution in [3.05, 3.63) is 101 Å². The van der Waals surface area contributed by atoms with Crippen molar-refractivity contribution < 1.29 is 23.8 Å². The maximum atomic E-state index is 13.7. The van der Waals surface area contributed by atoms with Crippen LogP contribution in [0, 0.1) is 6.92 Å². The van der Waals surface area contributed by atoms with Crippen molar-refractivity contribution in [1.82, 2.24) is 0 Å². The van der Waals surface area contributed by atoms with E-state index in [1.54, 1.807) is 66.7 Å². The third kappa shape index (κ3) is 3.73. The Morgan fingerprint density at radius 1 is 0.806 bits per heavy atom. The molecule has 0 radical (unpaired) electrons. The van der Waals surface area contributed by atoms with Gasteiger partial charge in [0.15, 0.2) is 0 Å². The Labute approximate surface area is 179 Å². The molecule has 0 saturated heterocycles. The van der Waals surface area contributed by atoms with Crippen LogP contribution < -0.4 is 4.74 Å². The lowest BCUT2D eigenvalue weighted by Gasteiger charge is -2.10. The molecule has 4 aromatic rings. The van der Waals surface area contributed by atoms with Gasteiger partial charge in [0.25, 0.3) is 0 Å². The van der Waals surface area contributed by atoms with Crippen molar-refractivity contribution >= 4 is 11.8 Å². The van der Waals surface area contributed by atoms with Crippen LogP contribution >= 0.6 is 0 Å². The van der Waals surface area contributed by atoms with E-state index in [9.17, 15) is 14.7 Å². The maximum Gasteiger partial charge on any atom is 0.340 e. The van der Waals surface area contributed by atoms with E-state index in [1.165, 1.54) is 7.11 Å². The third-order valence-corrected chi connectivity index (χ3v) is 5.02. The summed E-state index contributed by atoms with van der Waals surface area (Å²) in [5.41, 5.74) is 2.21. The normalized spacial score (nSPS) is 10.6. The number of furan rings is 1. The number of carboxylic acids is 1. The molecule has 0 spiro atoms. The van der Waals surface area contributed by atoms with Crippen LogP contribution in [-0.2, 0) is 0 Å². The number of hydrogen-bond acceptors (Lipinski definition) is 4. The van der Waals surface area contributed by atoms with Gasteiger partial charge >= 0.3 is 5.97 Å². The number of ketones is 1. The summed E-state index contributed by atoms with van der Waals surface area (Å²) in [6.07, 6.45) is 0. The summed E-state index contributed by atoms with van der Waals surface area (Å²) in [6.45, 7) is 1.89. The number of carbonyl (C=O) groups excluding carboxylic acids is 1. The fourth-order valence-corrected chi connectivity index (χ4v) is 3.56. The van der Waals surface area contributed by atoms with Gasteiger partial charge in [0.1, 0.15) is 22.8 Å². The van der Waals surface area contributed by atoms with Crippen LogP contribution in [0.25, 0.3) is 22.6 Å². The largest absolute Gasteiger partial charge is 0.496 e. The summed E-state index contributed by atoms with van der Waals surface area (Å²) in [6, 6.07) is 23.1. The van der Waals surface area contributed by atoms with Crippen LogP contribution in [-0.4, -0.2) is 24.0 Å². The smallest absolute Gasteiger partial charge is 0.340 e. The van der Waals surface area contributed by atoms with Gasteiger partial charge in [0, 0.05) is 11.1 Å². The lowest BCUT2D eigenvalue weighted by atomic mass is 9.94. The zero-order chi connectivity index (χ0) is 22.0. The van der Waals surface area contributed by atoms with Gasteiger partial charge in [-0.05, 0) is 24.6 Å². The van der Waals surface area contributed by atoms with E-state index in [1.807, 2.05) is 19.1 Å². The molecular formula is C26H20O5. The van der Waals surface area contributed by atoms with Crippen LogP contribution in [0.4, 0.5) is 0 Å². The van der Waals surface area contributed by atoms with Gasteiger partial charge in [-0.1, -0.05) is 66.7 Å². The summed E-state index contributed by atoms with van der Waals surface area (Å²) in [5.74, 6) is -0.980. The van der Waals surface area contributed by atoms with Crippen molar-refractivity contribution in [1.29, 1.82) is 0 Å². The molecule has 0 fully saturated rings. The molecular weight excluding hydrogens is 392 g/mol. The highest BCUT2D eigenvalue weighted by atomic mass is 16.5. The van der Waals surface area contributed by atoms with E-state index in [0.29, 0.717) is 16.9 Å². The number of benzene rings is 3. The fourth-order valence-electron chi connectivity index (χ4n) is 3.56. The predicted octanol–water partition coefficient (Wildman–Crippen LogP) is 5.86. The molecule has 1 heterocycles. The molecule has 5 nitrogen and oxygen atoms in total. The average molecular weight is 412 g/mol. The van der Waals surface area contributed by atoms with Gasteiger partial charge < -0.3 is 14.3 Å². The van der Waals surface area contributed by atoms with Crippen molar-refractivity contribution in [3.8, 4) is 28.4 Å². The first-order valence-electron chi connectivity index (χ1n) is 9.71. The molecule has 0 saturated carbocycles. The molecule has 31 heavy (non-hydrogen) atoms. The topological polar surface area (TPSA) is 76.7 Å². The Morgan fingerprint density at radius 2 is 1.35 bits per heavy atom. The second kappa shape index (κ2) is 8.32. The molecule has 0 amide bonds. The van der Waals surface area contributed by atoms with E-state index in [0.717, 1.165) is 5.56 Å². The summed E-state index contributed by atoms with van der Waals surface area (Å²) < 4.78 is 11.5. The second-order valence-corrected chi connectivity index (χ2v) is 7.08. The van der Waals surface area contributed by atoms with Crippen LogP contribution in [0.15, 0.2) is 83.3 Å². The fraction of sp³-hybridized carbons (Fsp3) is 0.0769. The summed E-state index contributed by atoms with van der Waals surface area (Å²) in [5, 5.41) is 10.1. The molecule has 0 aliphatic heterocycles. The maximum absolute atomic E-state index is 13.7. The van der Waals surface area contributed by atoms with Crippen molar-refractivity contribution in [2.75, 3.05) is 7.11 Å². The molecule has 1 N–H and O–H groups in total. The van der Waals surface area contributed by atoms with E-state index in [-0.39, 0.29) is 28.2 Å². The number of carbonyl (C=O) groups is 2. The minimum atomic E-state index is -1.24. The molecule has 154 valence electrons. The van der Waals surface area contributed by atoms with Gasteiger partial charge in [0.2, 0.25) is 5.78 Å². The molecule has 0 atom stereocenters. The number of ether oxygens (including phenoxy) is 1. The van der Waals surface area contributed by atoms with Crippen LogP contribution in [0.3, 0.4) is 0 Å². The van der Waals surface area contributed by atoms with Gasteiger partial charge in [0.05, 0.1) is 18.2 Å². The molecule has 5 heteroatoms. The molecule has 1 aromatic heterocycles. The van der Waals surface area contributed by atoms with Crippen LogP contribution in [0.1, 0.15) is 31.8 Å². The summed E-state index contributed by atoms with van der Waals surface area (Å²) in [7, 11) is 1.48. The lowest BCUT2D eigenvalue weighted by Crippen LogP contribution is -2.10. The van der Waals surface area contributed by atoms with Crippen molar-refractivity contribution in [2.24, 2.45) is 0 Å². The van der Waals surface area contributed by atoms with E-state index < -0.39 is 11.8 Å². The second-order valence-electron chi connectivity index (χ2n) is 7.08. The minimum absolute atomic E-state index is 0.000272. The molecule has 0 aliphatic rings. The van der Waals surface area contributed by atoms with E-state index in [4.69, 9.17) is 9.15 Å². The van der Waals surface area contributed by atoms with Crippen LogP contribution in [0.5, 0.6) is 5.75 Å². The molecule has 4 rings (SSSR count). The highest BCUT2D eigenvalue weighted by Crippen LogP contribution is 2.39. The molecule has 0 bridgehead atoms. The highest BCUT2D eigenvalue weighted by Gasteiger charge is 2.33. The number of carboxylic acid groups (broad SMARTS) is 1. The molecule has 0 unspecified atom stereocenters. The first-order valence-corrected chi connectivity index (χ1v) is 9.71. The Balaban J connectivity index is 2.03. The lowest BCUT2D eigenvalue weighted by molar-refractivity contribution is 0.0693. The Hall–Kier alpha value is -4.12. The molecule has 0 aliphatic carbocycles. The van der Waals surface area contributed by atoms with Crippen LogP contribution in [0.2, 0.25) is 0 Å². The van der Waals surface area contributed by atoms with Crippen molar-refractivity contribution in [3.63, 3.8) is 0 Å². The average Bonchev–Trinajstić information content (AvgIpc) is 3.21. The number of rotatable bonds is 6. The predicted molar refractivity (Wildman–Crippen MR) is 118 cm³/mol. The number of aryl methyl sites for hydroxylation is 1. The van der Waals surface area contributed by atoms with Gasteiger partial charge in [-0.3, -0.25) is 4.79 Å². The number of methoxy groups -OCH3 is 1. The summed E-state index contributed by atoms with van der Waals surface area (Å²) >= 11 is 0. The quantitative estimate of drug-likeness (QED) is 0.401. The first kappa shape index (κ1) is 20.2. The Kier molecular flexibility index (Phi) is 5.41.